The molecular formula is C17H14ClNO7. The molecule has 0 saturated heterocycles. The summed E-state index contributed by atoms with van der Waals surface area (Å²) in [6.07, 6.45) is 0. The summed E-state index contributed by atoms with van der Waals surface area (Å²) in [5.41, 5.74) is 0.148. The Bertz CT molecular complexity index is 866. The molecule has 0 aliphatic heterocycles. The van der Waals surface area contributed by atoms with Crippen molar-refractivity contribution in [1.82, 2.24) is 0 Å². The summed E-state index contributed by atoms with van der Waals surface area (Å²) < 4.78 is 15.5. The van der Waals surface area contributed by atoms with Crippen LogP contribution in [0.5, 0.6) is 17.2 Å². The Balaban J connectivity index is 2.02. The number of Topliss-reactive ketones (excluding diaryl/α,β-unsaturated/α-hetero) is 1. The second kappa shape index (κ2) is 8.30. The number of nitrogens with zero attached hydrogens (tertiary/aromatic N) is 1. The molecule has 0 spiro atoms. The van der Waals surface area contributed by atoms with Gasteiger partial charge in [-0.15, -0.1) is 0 Å². The van der Waals surface area contributed by atoms with Crippen LogP contribution in [0.15, 0.2) is 36.4 Å². The lowest BCUT2D eigenvalue weighted by atomic mass is 10.1. The standard InChI is InChI=1S/C17H14ClNO7/c1-10(20)11-3-6-15(16(7-11)24-2)25-9-17(21)26-12-4-5-14(19(22)23)13(18)8-12/h3-8H,9H2,1-2H3. The summed E-state index contributed by atoms with van der Waals surface area (Å²) in [5, 5.41) is 10.6. The molecular weight excluding hydrogens is 366 g/mol. The average molecular weight is 380 g/mol. The first-order valence-corrected chi connectivity index (χ1v) is 7.66. The van der Waals surface area contributed by atoms with E-state index in [-0.39, 0.29) is 28.0 Å². The van der Waals surface area contributed by atoms with Crippen LogP contribution >= 0.6 is 11.6 Å². The molecule has 0 heterocycles. The quantitative estimate of drug-likeness (QED) is 0.238. The normalized spacial score (nSPS) is 10.1. The number of ether oxygens (including phenoxy) is 3. The fraction of sp³-hybridized carbons (Fsp3) is 0.176. The summed E-state index contributed by atoms with van der Waals surface area (Å²) in [5.74, 6) is -0.273. The molecule has 2 aromatic rings. The van der Waals surface area contributed by atoms with E-state index in [4.69, 9.17) is 25.8 Å². The Morgan fingerprint density at radius 1 is 1.15 bits per heavy atom. The third-order valence-electron chi connectivity index (χ3n) is 3.26. The van der Waals surface area contributed by atoms with Gasteiger partial charge < -0.3 is 14.2 Å². The van der Waals surface area contributed by atoms with Gasteiger partial charge in [-0.05, 0) is 31.2 Å². The molecule has 0 amide bonds. The molecule has 9 heteroatoms. The van der Waals surface area contributed by atoms with Crippen molar-refractivity contribution < 1.29 is 28.7 Å². The van der Waals surface area contributed by atoms with E-state index in [1.54, 1.807) is 6.07 Å². The molecule has 2 rings (SSSR count). The SMILES string of the molecule is COc1cc(C(C)=O)ccc1OCC(=O)Oc1ccc([N+](=O)[O-])c(Cl)c1. The maximum Gasteiger partial charge on any atom is 0.349 e. The van der Waals surface area contributed by atoms with Crippen molar-refractivity contribution in [3.05, 3.63) is 57.1 Å². The van der Waals surface area contributed by atoms with Crippen LogP contribution in [-0.4, -0.2) is 30.4 Å². The minimum atomic E-state index is -0.743. The van der Waals surface area contributed by atoms with Gasteiger partial charge in [-0.3, -0.25) is 14.9 Å². The van der Waals surface area contributed by atoms with Crippen molar-refractivity contribution in [2.45, 2.75) is 6.92 Å². The number of methoxy groups -OCH3 is 1. The number of nitro groups is 1. The molecule has 0 unspecified atom stereocenters. The second-order valence-electron chi connectivity index (χ2n) is 5.05. The summed E-state index contributed by atoms with van der Waals surface area (Å²) in [6, 6.07) is 8.10. The Kier molecular flexibility index (Phi) is 6.13. The number of carbonyl (C=O) groups is 2. The van der Waals surface area contributed by atoms with Crippen LogP contribution in [0.2, 0.25) is 5.02 Å². The van der Waals surface area contributed by atoms with E-state index in [1.807, 2.05) is 0 Å². The van der Waals surface area contributed by atoms with Gasteiger partial charge in [0.15, 0.2) is 23.9 Å². The second-order valence-corrected chi connectivity index (χ2v) is 5.46. The van der Waals surface area contributed by atoms with Crippen molar-refractivity contribution in [3.8, 4) is 17.2 Å². The predicted octanol–water partition coefficient (Wildman–Crippen LogP) is 3.44. The first-order chi connectivity index (χ1) is 12.3. The lowest BCUT2D eigenvalue weighted by molar-refractivity contribution is -0.384. The van der Waals surface area contributed by atoms with Gasteiger partial charge >= 0.3 is 5.97 Å². The summed E-state index contributed by atoms with van der Waals surface area (Å²) in [7, 11) is 1.41. The van der Waals surface area contributed by atoms with Crippen molar-refractivity contribution in [3.63, 3.8) is 0 Å². The van der Waals surface area contributed by atoms with Crippen molar-refractivity contribution in [1.29, 1.82) is 0 Å². The Labute approximate surface area is 153 Å². The molecule has 26 heavy (non-hydrogen) atoms. The number of benzene rings is 2. The maximum absolute atomic E-state index is 11.9. The maximum atomic E-state index is 11.9. The topological polar surface area (TPSA) is 105 Å². The molecule has 0 saturated carbocycles. The Morgan fingerprint density at radius 3 is 2.46 bits per heavy atom. The number of ketones is 1. The zero-order chi connectivity index (χ0) is 19.3. The number of nitro benzene ring substituents is 1. The molecule has 0 aromatic heterocycles. The van der Waals surface area contributed by atoms with Gasteiger partial charge in [0, 0.05) is 17.7 Å². The first kappa shape index (κ1) is 19.2. The first-order valence-electron chi connectivity index (χ1n) is 7.28. The van der Waals surface area contributed by atoms with Crippen LogP contribution in [-0.2, 0) is 4.79 Å². The van der Waals surface area contributed by atoms with Gasteiger partial charge in [0.25, 0.3) is 5.69 Å². The fourth-order valence-corrected chi connectivity index (χ4v) is 2.24. The summed E-state index contributed by atoms with van der Waals surface area (Å²) in [4.78, 5) is 33.3. The molecule has 0 aliphatic carbocycles. The Morgan fingerprint density at radius 2 is 1.88 bits per heavy atom. The highest BCUT2D eigenvalue weighted by Gasteiger charge is 2.15. The number of hydrogen-bond donors (Lipinski definition) is 0. The monoisotopic (exact) mass is 379 g/mol. The van der Waals surface area contributed by atoms with Crippen LogP contribution < -0.4 is 14.2 Å². The van der Waals surface area contributed by atoms with Gasteiger partial charge in [-0.2, -0.15) is 0 Å². The zero-order valence-corrected chi connectivity index (χ0v) is 14.6. The van der Waals surface area contributed by atoms with Gasteiger partial charge in [-0.1, -0.05) is 11.6 Å². The van der Waals surface area contributed by atoms with Crippen molar-refractivity contribution in [2.24, 2.45) is 0 Å². The number of carbonyl (C=O) groups excluding carboxylic acids is 2. The van der Waals surface area contributed by atoms with Gasteiger partial charge in [0.05, 0.1) is 12.0 Å². The third-order valence-corrected chi connectivity index (χ3v) is 3.57. The largest absolute Gasteiger partial charge is 0.493 e. The van der Waals surface area contributed by atoms with Crippen molar-refractivity contribution in [2.75, 3.05) is 13.7 Å². The van der Waals surface area contributed by atoms with E-state index < -0.39 is 17.5 Å². The highest BCUT2D eigenvalue weighted by molar-refractivity contribution is 6.32. The van der Waals surface area contributed by atoms with E-state index in [9.17, 15) is 19.7 Å². The highest BCUT2D eigenvalue weighted by atomic mass is 35.5. The van der Waals surface area contributed by atoms with Gasteiger partial charge in [0.2, 0.25) is 0 Å². The summed E-state index contributed by atoms with van der Waals surface area (Å²) in [6.45, 7) is 0.979. The van der Waals surface area contributed by atoms with Gasteiger partial charge in [-0.25, -0.2) is 4.79 Å². The third kappa shape index (κ3) is 4.70. The molecule has 2 aromatic carbocycles. The lowest BCUT2D eigenvalue weighted by Gasteiger charge is -2.11. The van der Waals surface area contributed by atoms with Gasteiger partial charge in [0.1, 0.15) is 10.8 Å². The number of halogens is 1. The van der Waals surface area contributed by atoms with E-state index >= 15 is 0 Å². The smallest absolute Gasteiger partial charge is 0.349 e. The number of esters is 1. The number of rotatable bonds is 7. The summed E-state index contributed by atoms with van der Waals surface area (Å²) >= 11 is 5.75. The number of hydrogen-bond acceptors (Lipinski definition) is 7. The van der Waals surface area contributed by atoms with E-state index in [1.165, 1.54) is 38.3 Å². The molecule has 136 valence electrons. The van der Waals surface area contributed by atoms with Crippen LogP contribution in [0.1, 0.15) is 17.3 Å². The zero-order valence-electron chi connectivity index (χ0n) is 13.9. The van der Waals surface area contributed by atoms with E-state index in [2.05, 4.69) is 0 Å². The molecule has 0 aliphatic rings. The molecule has 0 bridgehead atoms. The minimum absolute atomic E-state index is 0.0492. The highest BCUT2D eigenvalue weighted by Crippen LogP contribution is 2.29. The van der Waals surface area contributed by atoms with Crippen LogP contribution in [0.25, 0.3) is 0 Å². The lowest BCUT2D eigenvalue weighted by Crippen LogP contribution is -2.18. The predicted molar refractivity (Wildman–Crippen MR) is 92.2 cm³/mol. The van der Waals surface area contributed by atoms with E-state index in [0.29, 0.717) is 11.3 Å². The minimum Gasteiger partial charge on any atom is -0.493 e. The van der Waals surface area contributed by atoms with Crippen LogP contribution in [0.4, 0.5) is 5.69 Å². The molecule has 0 fully saturated rings. The molecule has 0 radical (unpaired) electrons. The molecule has 0 N–H and O–H groups in total. The fourth-order valence-electron chi connectivity index (χ4n) is 2.00. The van der Waals surface area contributed by atoms with Crippen LogP contribution in [0, 0.1) is 10.1 Å². The van der Waals surface area contributed by atoms with E-state index in [0.717, 1.165) is 6.07 Å². The van der Waals surface area contributed by atoms with Crippen LogP contribution in [0.3, 0.4) is 0 Å². The molecule has 0 atom stereocenters. The van der Waals surface area contributed by atoms with Crippen molar-refractivity contribution >= 4 is 29.0 Å². The Hall–Kier alpha value is -3.13. The average Bonchev–Trinajstić information content (AvgIpc) is 2.59. The molecule has 8 nitrogen and oxygen atoms in total.